The lowest BCUT2D eigenvalue weighted by Crippen LogP contribution is -2.10. The molecule has 0 amide bonds. The van der Waals surface area contributed by atoms with Crippen LogP contribution < -0.4 is 10.5 Å². The fraction of sp³-hybridized carbons (Fsp3) is 0.286. The number of aromatic nitrogens is 1. The highest BCUT2D eigenvalue weighted by Gasteiger charge is 2.05. The zero-order valence-corrected chi connectivity index (χ0v) is 12.4. The number of nitrogens with zero attached hydrogens (tertiary/aromatic N) is 1. The Labute approximate surface area is 122 Å². The van der Waals surface area contributed by atoms with Crippen LogP contribution in [0.1, 0.15) is 23.2 Å². The van der Waals surface area contributed by atoms with Gasteiger partial charge in [-0.25, -0.2) is 4.98 Å². The predicted molar refractivity (Wildman–Crippen MR) is 83.0 cm³/mol. The molecule has 100 valence electrons. The fourth-order valence-corrected chi connectivity index (χ4v) is 2.68. The average Bonchev–Trinajstić information content (AvgIpc) is 2.88. The van der Waals surface area contributed by atoms with Crippen molar-refractivity contribution < 1.29 is 4.74 Å². The van der Waals surface area contributed by atoms with Crippen LogP contribution in [0.5, 0.6) is 5.75 Å². The molecule has 0 unspecified atom stereocenters. The zero-order chi connectivity index (χ0) is 13.7. The number of benzene rings is 1. The quantitative estimate of drug-likeness (QED) is 0.832. The Balaban J connectivity index is 1.90. The summed E-state index contributed by atoms with van der Waals surface area (Å²) >= 11 is 6.45. The molecule has 3 nitrogen and oxygen atoms in total. The third kappa shape index (κ3) is 3.75. The van der Waals surface area contributed by atoms with E-state index in [1.54, 1.807) is 11.3 Å². The minimum atomic E-state index is 0.347. The number of thiazole rings is 1. The number of ether oxygens (including phenoxy) is 1. The molecular formula is C14H16N2OS2. The highest BCUT2D eigenvalue weighted by atomic mass is 32.1. The molecule has 1 aromatic heterocycles. The Morgan fingerprint density at radius 1 is 1.42 bits per heavy atom. The minimum absolute atomic E-state index is 0.347. The van der Waals surface area contributed by atoms with Crippen molar-refractivity contribution in [3.05, 3.63) is 45.9 Å². The van der Waals surface area contributed by atoms with Crippen LogP contribution in [0.2, 0.25) is 0 Å². The van der Waals surface area contributed by atoms with E-state index in [4.69, 9.17) is 22.7 Å². The molecule has 0 atom stereocenters. The monoisotopic (exact) mass is 292 g/mol. The summed E-state index contributed by atoms with van der Waals surface area (Å²) in [6.07, 6.45) is 1.74. The summed E-state index contributed by atoms with van der Waals surface area (Å²) in [5.41, 5.74) is 7.45. The summed E-state index contributed by atoms with van der Waals surface area (Å²) in [6, 6.07) is 8.11. The molecule has 0 fully saturated rings. The second kappa shape index (κ2) is 6.63. The number of hydrogen-bond donors (Lipinski definition) is 1. The van der Waals surface area contributed by atoms with E-state index >= 15 is 0 Å². The van der Waals surface area contributed by atoms with E-state index in [1.807, 2.05) is 23.6 Å². The molecule has 19 heavy (non-hydrogen) atoms. The largest absolute Gasteiger partial charge is 0.493 e. The number of thiocarbonyl (C=S) groups is 1. The van der Waals surface area contributed by atoms with Crippen LogP contribution in [-0.2, 0) is 12.8 Å². The number of rotatable bonds is 6. The van der Waals surface area contributed by atoms with Crippen LogP contribution in [-0.4, -0.2) is 16.6 Å². The predicted octanol–water partition coefficient (Wildman–Crippen LogP) is 2.96. The molecule has 2 N–H and O–H groups in total. The lowest BCUT2D eigenvalue weighted by atomic mass is 10.1. The van der Waals surface area contributed by atoms with Gasteiger partial charge in [0.25, 0.3) is 0 Å². The van der Waals surface area contributed by atoms with Crippen molar-refractivity contribution in [1.82, 2.24) is 4.98 Å². The minimum Gasteiger partial charge on any atom is -0.493 e. The number of hydrogen-bond acceptors (Lipinski definition) is 4. The van der Waals surface area contributed by atoms with Gasteiger partial charge in [0.2, 0.25) is 0 Å². The van der Waals surface area contributed by atoms with E-state index in [9.17, 15) is 0 Å². The van der Waals surface area contributed by atoms with Gasteiger partial charge in [-0.2, -0.15) is 0 Å². The van der Waals surface area contributed by atoms with Crippen molar-refractivity contribution in [1.29, 1.82) is 0 Å². The molecule has 2 rings (SSSR count). The molecule has 1 heterocycles. The van der Waals surface area contributed by atoms with Gasteiger partial charge in [-0.1, -0.05) is 37.3 Å². The summed E-state index contributed by atoms with van der Waals surface area (Å²) in [6.45, 7) is 2.73. The van der Waals surface area contributed by atoms with E-state index in [1.165, 1.54) is 5.56 Å². The standard InChI is InChI=1S/C14H16N2OS2/c1-2-10-5-3-4-6-12(10)17-8-7-13-16-11(9-19-13)14(15)18/h3-6,9H,2,7-8H2,1H3,(H2,15,18). The van der Waals surface area contributed by atoms with Gasteiger partial charge in [0, 0.05) is 11.8 Å². The Morgan fingerprint density at radius 2 is 2.21 bits per heavy atom. The molecule has 0 radical (unpaired) electrons. The molecule has 0 saturated heterocycles. The second-order valence-corrected chi connectivity index (χ2v) is 5.43. The SMILES string of the molecule is CCc1ccccc1OCCc1nc(C(N)=S)cs1. The van der Waals surface area contributed by atoms with Gasteiger partial charge < -0.3 is 10.5 Å². The van der Waals surface area contributed by atoms with Gasteiger partial charge in [-0.15, -0.1) is 11.3 Å². The Kier molecular flexibility index (Phi) is 4.87. The lowest BCUT2D eigenvalue weighted by molar-refractivity contribution is 0.318. The maximum atomic E-state index is 5.80. The average molecular weight is 292 g/mol. The smallest absolute Gasteiger partial charge is 0.123 e. The normalized spacial score (nSPS) is 10.4. The molecular weight excluding hydrogens is 276 g/mol. The van der Waals surface area contributed by atoms with E-state index in [-0.39, 0.29) is 0 Å². The van der Waals surface area contributed by atoms with E-state index in [0.29, 0.717) is 17.3 Å². The Morgan fingerprint density at radius 3 is 2.89 bits per heavy atom. The molecule has 0 aliphatic rings. The molecule has 5 heteroatoms. The van der Waals surface area contributed by atoms with Crippen molar-refractivity contribution in [2.75, 3.05) is 6.61 Å². The molecule has 0 saturated carbocycles. The molecule has 0 aliphatic heterocycles. The van der Waals surface area contributed by atoms with Crippen molar-refractivity contribution in [2.24, 2.45) is 5.73 Å². The van der Waals surface area contributed by atoms with Crippen molar-refractivity contribution in [3.8, 4) is 5.75 Å². The fourth-order valence-electron chi connectivity index (χ4n) is 1.72. The first kappa shape index (κ1) is 14.0. The second-order valence-electron chi connectivity index (χ2n) is 4.05. The summed E-state index contributed by atoms with van der Waals surface area (Å²) in [5, 5.41) is 2.88. The molecule has 2 aromatic rings. The molecule has 0 aliphatic carbocycles. The first-order valence-electron chi connectivity index (χ1n) is 6.15. The third-order valence-electron chi connectivity index (χ3n) is 2.73. The first-order chi connectivity index (χ1) is 9.20. The highest BCUT2D eigenvalue weighted by molar-refractivity contribution is 7.80. The van der Waals surface area contributed by atoms with Crippen LogP contribution in [0.3, 0.4) is 0 Å². The van der Waals surface area contributed by atoms with Crippen molar-refractivity contribution in [2.45, 2.75) is 19.8 Å². The third-order valence-corrected chi connectivity index (χ3v) is 3.85. The van der Waals surface area contributed by atoms with Crippen molar-refractivity contribution in [3.63, 3.8) is 0 Å². The van der Waals surface area contributed by atoms with Crippen LogP contribution in [0.15, 0.2) is 29.6 Å². The van der Waals surface area contributed by atoms with Gasteiger partial charge in [-0.3, -0.25) is 0 Å². The summed E-state index contributed by atoms with van der Waals surface area (Å²) in [5.74, 6) is 0.955. The van der Waals surface area contributed by atoms with Gasteiger partial charge in [0.05, 0.1) is 11.6 Å². The van der Waals surface area contributed by atoms with Gasteiger partial charge in [0.1, 0.15) is 16.4 Å². The number of aryl methyl sites for hydroxylation is 1. The van der Waals surface area contributed by atoms with E-state index in [0.717, 1.165) is 23.6 Å². The van der Waals surface area contributed by atoms with E-state index in [2.05, 4.69) is 18.0 Å². The maximum absolute atomic E-state index is 5.80. The Hall–Kier alpha value is -1.46. The van der Waals surface area contributed by atoms with Crippen LogP contribution >= 0.6 is 23.6 Å². The maximum Gasteiger partial charge on any atom is 0.123 e. The summed E-state index contributed by atoms with van der Waals surface area (Å²) in [4.78, 5) is 4.70. The van der Waals surface area contributed by atoms with Crippen LogP contribution in [0.4, 0.5) is 0 Å². The highest BCUT2D eigenvalue weighted by Crippen LogP contribution is 2.19. The molecule has 1 aromatic carbocycles. The van der Waals surface area contributed by atoms with Crippen LogP contribution in [0.25, 0.3) is 0 Å². The van der Waals surface area contributed by atoms with Crippen molar-refractivity contribution >= 4 is 28.5 Å². The van der Waals surface area contributed by atoms with Gasteiger partial charge >= 0.3 is 0 Å². The molecule has 0 spiro atoms. The topological polar surface area (TPSA) is 48.1 Å². The van der Waals surface area contributed by atoms with Crippen LogP contribution in [0, 0.1) is 0 Å². The lowest BCUT2D eigenvalue weighted by Gasteiger charge is -2.09. The van der Waals surface area contributed by atoms with Gasteiger partial charge in [0.15, 0.2) is 0 Å². The number of para-hydroxylation sites is 1. The summed E-state index contributed by atoms with van der Waals surface area (Å²) < 4.78 is 5.80. The Bertz CT molecular complexity index is 566. The summed E-state index contributed by atoms with van der Waals surface area (Å²) in [7, 11) is 0. The molecule has 0 bridgehead atoms. The van der Waals surface area contributed by atoms with E-state index < -0.39 is 0 Å². The van der Waals surface area contributed by atoms with Gasteiger partial charge in [-0.05, 0) is 18.1 Å². The number of nitrogens with two attached hydrogens (primary N) is 1. The first-order valence-corrected chi connectivity index (χ1v) is 7.44. The zero-order valence-electron chi connectivity index (χ0n) is 10.8.